The zero-order valence-electron chi connectivity index (χ0n) is 11.8. The molecule has 0 aliphatic heterocycles. The molecule has 0 saturated heterocycles. The van der Waals surface area contributed by atoms with Crippen LogP contribution in [0.5, 0.6) is 0 Å². The highest BCUT2D eigenvalue weighted by Gasteiger charge is 2.41. The third-order valence-corrected chi connectivity index (χ3v) is 3.89. The SMILES string of the molecule is CC(C)CC1(C(=O)NC(C)CC(N)=S)CCCC1. The number of hydrogen-bond acceptors (Lipinski definition) is 2. The number of hydrogen-bond donors (Lipinski definition) is 2. The van der Waals surface area contributed by atoms with Gasteiger partial charge >= 0.3 is 0 Å². The maximum Gasteiger partial charge on any atom is 0.226 e. The second kappa shape index (κ2) is 6.50. The van der Waals surface area contributed by atoms with E-state index in [1.54, 1.807) is 0 Å². The van der Waals surface area contributed by atoms with Crippen LogP contribution < -0.4 is 11.1 Å². The first-order valence-electron chi connectivity index (χ1n) is 6.95. The minimum Gasteiger partial charge on any atom is -0.393 e. The van der Waals surface area contributed by atoms with Gasteiger partial charge in [0.1, 0.15) is 0 Å². The number of carbonyl (C=O) groups excluding carboxylic acids is 1. The van der Waals surface area contributed by atoms with Gasteiger partial charge in [-0.1, -0.05) is 38.9 Å². The van der Waals surface area contributed by atoms with Crippen molar-refractivity contribution in [3.63, 3.8) is 0 Å². The Morgan fingerprint density at radius 1 is 1.33 bits per heavy atom. The van der Waals surface area contributed by atoms with E-state index in [4.69, 9.17) is 18.0 Å². The number of rotatable bonds is 6. The van der Waals surface area contributed by atoms with Crippen LogP contribution in [-0.2, 0) is 4.79 Å². The Balaban J connectivity index is 2.63. The summed E-state index contributed by atoms with van der Waals surface area (Å²) in [6.07, 6.45) is 5.96. The normalized spacial score (nSPS) is 19.8. The Bertz CT molecular complexity index is 309. The van der Waals surface area contributed by atoms with Gasteiger partial charge in [-0.3, -0.25) is 4.79 Å². The summed E-state index contributed by atoms with van der Waals surface area (Å²) < 4.78 is 0. The minimum atomic E-state index is -0.140. The number of nitrogens with two attached hydrogens (primary N) is 1. The fraction of sp³-hybridized carbons (Fsp3) is 0.857. The van der Waals surface area contributed by atoms with E-state index in [9.17, 15) is 4.79 Å². The van der Waals surface area contributed by atoms with Crippen molar-refractivity contribution in [3.8, 4) is 0 Å². The molecule has 3 N–H and O–H groups in total. The van der Waals surface area contributed by atoms with Crippen molar-refractivity contribution in [2.75, 3.05) is 0 Å². The van der Waals surface area contributed by atoms with Gasteiger partial charge in [-0.05, 0) is 32.1 Å². The summed E-state index contributed by atoms with van der Waals surface area (Å²) in [5.41, 5.74) is 5.38. The molecule has 18 heavy (non-hydrogen) atoms. The summed E-state index contributed by atoms with van der Waals surface area (Å²) in [7, 11) is 0. The van der Waals surface area contributed by atoms with Gasteiger partial charge in [-0.25, -0.2) is 0 Å². The predicted molar refractivity (Wildman–Crippen MR) is 79.4 cm³/mol. The molecule has 0 aromatic carbocycles. The van der Waals surface area contributed by atoms with E-state index in [2.05, 4.69) is 19.2 Å². The lowest BCUT2D eigenvalue weighted by Gasteiger charge is -2.31. The topological polar surface area (TPSA) is 55.1 Å². The summed E-state index contributed by atoms with van der Waals surface area (Å²) >= 11 is 4.88. The molecule has 1 unspecified atom stereocenters. The molecule has 4 heteroatoms. The number of carbonyl (C=O) groups is 1. The highest BCUT2D eigenvalue weighted by molar-refractivity contribution is 7.80. The highest BCUT2D eigenvalue weighted by atomic mass is 32.1. The molecule has 0 radical (unpaired) electrons. The molecule has 1 aliphatic rings. The van der Waals surface area contributed by atoms with Crippen molar-refractivity contribution in [1.82, 2.24) is 5.32 Å². The van der Waals surface area contributed by atoms with Crippen LogP contribution in [0, 0.1) is 11.3 Å². The molecular weight excluding hydrogens is 244 g/mol. The van der Waals surface area contributed by atoms with Crippen LogP contribution in [0.3, 0.4) is 0 Å². The first-order chi connectivity index (χ1) is 8.35. The van der Waals surface area contributed by atoms with Crippen molar-refractivity contribution in [2.24, 2.45) is 17.1 Å². The number of amides is 1. The van der Waals surface area contributed by atoms with Gasteiger partial charge < -0.3 is 11.1 Å². The van der Waals surface area contributed by atoms with E-state index in [1.807, 2.05) is 6.92 Å². The average molecular weight is 270 g/mol. The van der Waals surface area contributed by atoms with Crippen LogP contribution in [0.15, 0.2) is 0 Å². The van der Waals surface area contributed by atoms with Crippen LogP contribution in [0.2, 0.25) is 0 Å². The standard InChI is InChI=1S/C14H26N2OS/c1-10(2)9-14(6-4-5-7-14)13(17)16-11(3)8-12(15)18/h10-11H,4-9H2,1-3H3,(H2,15,18)(H,16,17). The van der Waals surface area contributed by atoms with E-state index >= 15 is 0 Å². The monoisotopic (exact) mass is 270 g/mol. The van der Waals surface area contributed by atoms with Gasteiger partial charge in [0.15, 0.2) is 0 Å². The zero-order chi connectivity index (χ0) is 13.8. The summed E-state index contributed by atoms with van der Waals surface area (Å²) in [5.74, 6) is 0.761. The molecule has 1 fully saturated rings. The molecule has 0 aromatic rings. The second-order valence-electron chi connectivity index (χ2n) is 6.13. The fourth-order valence-electron chi connectivity index (χ4n) is 3.09. The number of nitrogens with one attached hydrogen (secondary N) is 1. The maximum atomic E-state index is 12.5. The Kier molecular flexibility index (Phi) is 5.57. The van der Waals surface area contributed by atoms with Gasteiger partial charge in [0.25, 0.3) is 0 Å². The molecule has 1 amide bonds. The molecule has 1 rings (SSSR count). The van der Waals surface area contributed by atoms with Gasteiger partial charge in [0.05, 0.1) is 4.99 Å². The summed E-state index contributed by atoms with van der Waals surface area (Å²) in [4.78, 5) is 13.0. The third kappa shape index (κ3) is 4.23. The fourth-order valence-corrected chi connectivity index (χ4v) is 3.34. The van der Waals surface area contributed by atoms with E-state index < -0.39 is 0 Å². The zero-order valence-corrected chi connectivity index (χ0v) is 12.6. The van der Waals surface area contributed by atoms with Crippen LogP contribution >= 0.6 is 12.2 Å². The number of thiocarbonyl (C=S) groups is 1. The lowest BCUT2D eigenvalue weighted by molar-refractivity contribution is -0.132. The van der Waals surface area contributed by atoms with Crippen molar-refractivity contribution < 1.29 is 4.79 Å². The van der Waals surface area contributed by atoms with Crippen molar-refractivity contribution in [1.29, 1.82) is 0 Å². The summed E-state index contributed by atoms with van der Waals surface area (Å²) in [5, 5.41) is 3.09. The lowest BCUT2D eigenvalue weighted by atomic mass is 9.77. The molecule has 0 bridgehead atoms. The molecule has 104 valence electrons. The summed E-state index contributed by atoms with van der Waals surface area (Å²) in [6.45, 7) is 6.34. The van der Waals surface area contributed by atoms with Gasteiger partial charge in [-0.15, -0.1) is 0 Å². The Morgan fingerprint density at radius 3 is 2.33 bits per heavy atom. The Morgan fingerprint density at radius 2 is 1.89 bits per heavy atom. The largest absolute Gasteiger partial charge is 0.393 e. The average Bonchev–Trinajstić information content (AvgIpc) is 2.64. The van der Waals surface area contributed by atoms with Crippen LogP contribution in [-0.4, -0.2) is 16.9 Å². The summed E-state index contributed by atoms with van der Waals surface area (Å²) in [6, 6.07) is 0.0413. The first-order valence-corrected chi connectivity index (χ1v) is 7.36. The molecule has 3 nitrogen and oxygen atoms in total. The first kappa shape index (κ1) is 15.4. The van der Waals surface area contributed by atoms with Gasteiger partial charge in [0, 0.05) is 17.9 Å². The molecule has 1 saturated carbocycles. The highest BCUT2D eigenvalue weighted by Crippen LogP contribution is 2.43. The van der Waals surface area contributed by atoms with Gasteiger partial charge in [-0.2, -0.15) is 0 Å². The smallest absolute Gasteiger partial charge is 0.226 e. The Labute approximate surface area is 116 Å². The van der Waals surface area contributed by atoms with E-state index in [0.717, 1.165) is 19.3 Å². The van der Waals surface area contributed by atoms with Crippen LogP contribution in [0.4, 0.5) is 0 Å². The van der Waals surface area contributed by atoms with E-state index in [0.29, 0.717) is 17.3 Å². The quantitative estimate of drug-likeness (QED) is 0.730. The van der Waals surface area contributed by atoms with Crippen molar-refractivity contribution in [3.05, 3.63) is 0 Å². The maximum absolute atomic E-state index is 12.5. The van der Waals surface area contributed by atoms with E-state index in [-0.39, 0.29) is 17.4 Å². The Hall–Kier alpha value is -0.640. The molecule has 0 spiro atoms. The lowest BCUT2D eigenvalue weighted by Crippen LogP contribution is -2.45. The van der Waals surface area contributed by atoms with Crippen LogP contribution in [0.1, 0.15) is 59.3 Å². The van der Waals surface area contributed by atoms with Gasteiger partial charge in [0.2, 0.25) is 5.91 Å². The molecule has 1 aliphatic carbocycles. The molecule has 0 aromatic heterocycles. The second-order valence-corrected chi connectivity index (χ2v) is 6.65. The van der Waals surface area contributed by atoms with Crippen molar-refractivity contribution in [2.45, 2.75) is 65.3 Å². The van der Waals surface area contributed by atoms with Crippen LogP contribution in [0.25, 0.3) is 0 Å². The third-order valence-electron chi connectivity index (χ3n) is 3.73. The van der Waals surface area contributed by atoms with E-state index in [1.165, 1.54) is 12.8 Å². The minimum absolute atomic E-state index is 0.0413. The molecule has 0 heterocycles. The molecular formula is C14H26N2OS. The van der Waals surface area contributed by atoms with Crippen molar-refractivity contribution >= 4 is 23.1 Å². The predicted octanol–water partition coefficient (Wildman–Crippen LogP) is 2.77. The molecule has 1 atom stereocenters.